The maximum absolute atomic E-state index is 11.7. The van der Waals surface area contributed by atoms with E-state index < -0.39 is 8.07 Å². The molecule has 1 amide bonds. The topological polar surface area (TPSA) is 47.6 Å². The zero-order chi connectivity index (χ0) is 22.7. The van der Waals surface area contributed by atoms with E-state index in [4.69, 9.17) is 21.1 Å². The number of amides is 1. The monoisotopic (exact) mass is 465 g/mol. The molecule has 166 valence electrons. The molecule has 0 aromatic heterocycles. The third-order valence-corrected chi connectivity index (χ3v) is 7.52. The predicted octanol–water partition coefficient (Wildman–Crippen LogP) is 6.86. The van der Waals surface area contributed by atoms with Gasteiger partial charge >= 0.3 is 0 Å². The summed E-state index contributed by atoms with van der Waals surface area (Å²) in [7, 11) is -1.11. The molecule has 0 radical (unpaired) electrons. The van der Waals surface area contributed by atoms with Crippen molar-refractivity contribution in [3.8, 4) is 28.0 Å². The molecule has 4 nitrogen and oxygen atoms in total. The van der Waals surface area contributed by atoms with Gasteiger partial charge in [-0.15, -0.1) is 0 Å². The van der Waals surface area contributed by atoms with Crippen LogP contribution in [0.2, 0.25) is 30.7 Å². The summed E-state index contributed by atoms with van der Waals surface area (Å²) in [6.07, 6.45) is 0.391. The van der Waals surface area contributed by atoms with E-state index in [0.29, 0.717) is 11.4 Å². The summed E-state index contributed by atoms with van der Waals surface area (Å²) in [6.45, 7) is 7.99. The molecule has 3 aromatic carbocycles. The van der Waals surface area contributed by atoms with E-state index in [2.05, 4.69) is 37.1 Å². The Balaban J connectivity index is 1.48. The average molecular weight is 466 g/mol. The van der Waals surface area contributed by atoms with Crippen molar-refractivity contribution in [3.63, 3.8) is 0 Å². The number of nitrogens with one attached hydrogen (secondary N) is 1. The Morgan fingerprint density at radius 1 is 0.969 bits per heavy atom. The Morgan fingerprint density at radius 3 is 2.38 bits per heavy atom. The van der Waals surface area contributed by atoms with Crippen LogP contribution in [0.3, 0.4) is 0 Å². The molecule has 0 unspecified atom stereocenters. The number of ether oxygens (including phenoxy) is 2. The highest BCUT2D eigenvalue weighted by Crippen LogP contribution is 2.37. The summed E-state index contributed by atoms with van der Waals surface area (Å²) < 4.78 is 11.6. The summed E-state index contributed by atoms with van der Waals surface area (Å²) in [5.74, 6) is 0.804. The number of fused-ring (bicyclic) bond motifs is 1. The van der Waals surface area contributed by atoms with E-state index in [-0.39, 0.29) is 12.7 Å². The van der Waals surface area contributed by atoms with Crippen molar-refractivity contribution in [1.82, 2.24) is 0 Å². The lowest BCUT2D eigenvalue weighted by Crippen LogP contribution is -2.22. The van der Waals surface area contributed by atoms with Crippen LogP contribution in [0.1, 0.15) is 5.56 Å². The number of carbonyl (C=O) groups is 1. The molecule has 1 N–H and O–H groups in total. The normalized spacial score (nSPS) is 13.1. The number of hydrogen-bond donors (Lipinski definition) is 1. The number of hydrogen-bond acceptors (Lipinski definition) is 3. The van der Waals surface area contributed by atoms with Gasteiger partial charge in [-0.2, -0.15) is 0 Å². The Morgan fingerprint density at radius 2 is 1.66 bits per heavy atom. The maximum atomic E-state index is 11.7. The van der Waals surface area contributed by atoms with E-state index in [1.54, 1.807) is 0 Å². The Hall–Kier alpha value is -2.60. The van der Waals surface area contributed by atoms with Gasteiger partial charge in [0.05, 0.1) is 11.4 Å². The molecule has 1 aliphatic rings. The van der Waals surface area contributed by atoms with Crippen molar-refractivity contribution >= 4 is 31.3 Å². The first-order chi connectivity index (χ1) is 15.3. The first kappa shape index (κ1) is 22.6. The Bertz CT molecular complexity index is 1120. The summed E-state index contributed by atoms with van der Waals surface area (Å²) in [5.41, 5.74) is 5.79. The second kappa shape index (κ2) is 9.49. The van der Waals surface area contributed by atoms with Crippen LogP contribution in [0, 0.1) is 0 Å². The minimum absolute atomic E-state index is 0.00429. The van der Waals surface area contributed by atoms with Crippen molar-refractivity contribution < 1.29 is 14.3 Å². The lowest BCUT2D eigenvalue weighted by Gasteiger charge is -2.16. The van der Waals surface area contributed by atoms with E-state index in [0.717, 1.165) is 51.9 Å². The highest BCUT2D eigenvalue weighted by Gasteiger charge is 2.20. The number of rotatable bonds is 8. The first-order valence-corrected chi connectivity index (χ1v) is 14.9. The molecule has 6 heteroatoms. The second-order valence-electron chi connectivity index (χ2n) is 9.27. The molecule has 0 aliphatic carbocycles. The zero-order valence-corrected chi connectivity index (χ0v) is 20.5. The second-order valence-corrected chi connectivity index (χ2v) is 15.3. The van der Waals surface area contributed by atoms with Gasteiger partial charge in [-0.25, -0.2) is 0 Å². The van der Waals surface area contributed by atoms with E-state index >= 15 is 0 Å². The minimum atomic E-state index is -1.11. The molecule has 1 heterocycles. The summed E-state index contributed by atoms with van der Waals surface area (Å²) >= 11 is 6.50. The molecule has 32 heavy (non-hydrogen) atoms. The molecule has 0 bridgehead atoms. The largest absolute Gasteiger partial charge is 0.467 e. The first-order valence-electron chi connectivity index (χ1n) is 10.8. The van der Waals surface area contributed by atoms with Crippen LogP contribution in [-0.2, 0) is 16.0 Å². The van der Waals surface area contributed by atoms with Crippen molar-refractivity contribution in [1.29, 1.82) is 0 Å². The van der Waals surface area contributed by atoms with E-state index in [1.807, 2.05) is 48.5 Å². The van der Waals surface area contributed by atoms with Gasteiger partial charge in [0.1, 0.15) is 5.75 Å². The van der Waals surface area contributed by atoms with Gasteiger partial charge in [-0.05, 0) is 40.9 Å². The zero-order valence-electron chi connectivity index (χ0n) is 18.7. The molecular formula is C26H28ClNO3Si. The van der Waals surface area contributed by atoms with Crippen molar-refractivity contribution in [2.24, 2.45) is 0 Å². The highest BCUT2D eigenvalue weighted by molar-refractivity contribution is 6.76. The molecule has 0 saturated carbocycles. The van der Waals surface area contributed by atoms with E-state index in [9.17, 15) is 4.79 Å². The Kier molecular flexibility index (Phi) is 6.70. The number of carbonyl (C=O) groups excluding carboxylic acids is 1. The van der Waals surface area contributed by atoms with E-state index in [1.165, 1.54) is 0 Å². The van der Waals surface area contributed by atoms with Gasteiger partial charge < -0.3 is 14.8 Å². The molecule has 3 aromatic rings. The summed E-state index contributed by atoms with van der Waals surface area (Å²) in [4.78, 5) is 11.7. The fourth-order valence-corrected chi connectivity index (χ4v) is 4.70. The molecule has 4 rings (SSSR count). The van der Waals surface area contributed by atoms with Crippen LogP contribution in [0.15, 0.2) is 60.7 Å². The molecule has 0 spiro atoms. The molecule has 0 fully saturated rings. The highest BCUT2D eigenvalue weighted by atomic mass is 35.5. The van der Waals surface area contributed by atoms with Crippen LogP contribution < -0.4 is 10.1 Å². The maximum Gasteiger partial charge on any atom is 0.228 e. The number of anilines is 1. The van der Waals surface area contributed by atoms with Crippen LogP contribution in [0.25, 0.3) is 22.3 Å². The number of halogens is 1. The molecule has 1 aliphatic heterocycles. The predicted molar refractivity (Wildman–Crippen MR) is 134 cm³/mol. The molecular weight excluding hydrogens is 438 g/mol. The van der Waals surface area contributed by atoms with Crippen LogP contribution in [-0.4, -0.2) is 27.4 Å². The quantitative estimate of drug-likeness (QED) is 0.224. The van der Waals surface area contributed by atoms with Crippen LogP contribution in [0.5, 0.6) is 5.75 Å². The lowest BCUT2D eigenvalue weighted by atomic mass is 9.98. The fraction of sp³-hybridized carbons (Fsp3) is 0.269. The number of benzene rings is 3. The van der Waals surface area contributed by atoms with Gasteiger partial charge in [0.2, 0.25) is 5.91 Å². The van der Waals surface area contributed by atoms with Gasteiger partial charge in [0.25, 0.3) is 0 Å². The van der Waals surface area contributed by atoms with Gasteiger partial charge in [-0.3, -0.25) is 4.79 Å². The third kappa shape index (κ3) is 5.41. The van der Waals surface area contributed by atoms with Gasteiger partial charge in [-0.1, -0.05) is 73.7 Å². The van der Waals surface area contributed by atoms with Crippen molar-refractivity contribution in [3.05, 3.63) is 71.2 Å². The Labute approximate surface area is 195 Å². The standard InChI is InChI=1S/C26H28ClNO3Si/c1-32(2,3)13-12-30-17-31-25-7-5-4-6-21(25)18-8-10-19(11-9-18)22-14-20-15-26(29)28-24(20)16-23(22)27/h4-11,14,16H,12-13,15,17H2,1-3H3,(H,28,29). The van der Waals surface area contributed by atoms with Crippen LogP contribution >= 0.6 is 11.6 Å². The van der Waals surface area contributed by atoms with Gasteiger partial charge in [0.15, 0.2) is 6.79 Å². The number of para-hydroxylation sites is 1. The minimum Gasteiger partial charge on any atom is -0.467 e. The molecule has 0 saturated heterocycles. The van der Waals surface area contributed by atoms with Crippen molar-refractivity contribution in [2.75, 3.05) is 18.7 Å². The summed E-state index contributed by atoms with van der Waals surface area (Å²) in [6, 6.07) is 21.2. The lowest BCUT2D eigenvalue weighted by molar-refractivity contribution is -0.115. The molecule has 0 atom stereocenters. The summed E-state index contributed by atoms with van der Waals surface area (Å²) in [5, 5.41) is 3.46. The van der Waals surface area contributed by atoms with Gasteiger partial charge in [0, 0.05) is 31.5 Å². The van der Waals surface area contributed by atoms with Crippen molar-refractivity contribution in [2.45, 2.75) is 32.1 Å². The smallest absolute Gasteiger partial charge is 0.228 e. The third-order valence-electron chi connectivity index (χ3n) is 5.51. The van der Waals surface area contributed by atoms with Crippen LogP contribution in [0.4, 0.5) is 5.69 Å². The fourth-order valence-electron chi connectivity index (χ4n) is 3.67. The average Bonchev–Trinajstić information content (AvgIpc) is 3.11. The SMILES string of the molecule is C[Si](C)(C)CCOCOc1ccccc1-c1ccc(-c2cc3c(cc2Cl)NC(=O)C3)cc1.